The van der Waals surface area contributed by atoms with Crippen LogP contribution in [0.15, 0.2) is 24.3 Å². The van der Waals surface area contributed by atoms with Crippen molar-refractivity contribution in [3.05, 3.63) is 24.3 Å². The van der Waals surface area contributed by atoms with Gasteiger partial charge in [-0.3, -0.25) is 4.79 Å². The van der Waals surface area contributed by atoms with Gasteiger partial charge in [0.25, 0.3) is 5.91 Å². The van der Waals surface area contributed by atoms with E-state index in [-0.39, 0.29) is 18.6 Å². The number of hydrogen-bond acceptors (Lipinski definition) is 5. The second kappa shape index (κ2) is 8.06. The van der Waals surface area contributed by atoms with E-state index in [2.05, 4.69) is 5.32 Å². The lowest BCUT2D eigenvalue weighted by molar-refractivity contribution is -0.145. The van der Waals surface area contributed by atoms with Crippen molar-refractivity contribution in [2.45, 2.75) is 57.8 Å². The molecule has 0 bridgehead atoms. The molecule has 1 N–H and O–H groups in total. The van der Waals surface area contributed by atoms with Crippen LogP contribution >= 0.6 is 0 Å². The third-order valence-corrected chi connectivity index (χ3v) is 4.58. The number of carbonyl (C=O) groups is 2. The van der Waals surface area contributed by atoms with Crippen molar-refractivity contribution >= 4 is 12.0 Å². The Hall–Kier alpha value is -2.44. The molecule has 2 amide bonds. The zero-order valence-electron chi connectivity index (χ0n) is 16.2. The first kappa shape index (κ1) is 19.3. The molecule has 0 spiro atoms. The number of rotatable bonds is 3. The molecule has 0 aliphatic carbocycles. The van der Waals surface area contributed by atoms with E-state index in [0.29, 0.717) is 24.6 Å². The van der Waals surface area contributed by atoms with Crippen LogP contribution in [0.1, 0.15) is 40.0 Å². The van der Waals surface area contributed by atoms with Crippen LogP contribution in [0.25, 0.3) is 0 Å². The largest absolute Gasteiger partial charge is 0.485 e. The standard InChI is InChI=1S/C20H28N2O5/c1-20(2,3)27-19(24)21-12-14-8-6-7-11-22(14)18(23)17-13-25-15-9-4-5-10-16(15)26-17/h4-5,9-10,14,17H,6-8,11-13H2,1-3H3,(H,21,24)/t14-,17+/m1/s1. The number of para-hydroxylation sites is 2. The fourth-order valence-corrected chi connectivity index (χ4v) is 3.34. The zero-order valence-corrected chi connectivity index (χ0v) is 16.2. The van der Waals surface area contributed by atoms with Crippen molar-refractivity contribution in [2.24, 2.45) is 0 Å². The highest BCUT2D eigenvalue weighted by atomic mass is 16.6. The predicted octanol–water partition coefficient (Wildman–Crippen LogP) is 2.73. The van der Waals surface area contributed by atoms with Crippen LogP contribution in [0.4, 0.5) is 4.79 Å². The van der Waals surface area contributed by atoms with E-state index in [0.717, 1.165) is 19.3 Å². The van der Waals surface area contributed by atoms with Gasteiger partial charge in [-0.1, -0.05) is 12.1 Å². The molecule has 1 aromatic rings. The topological polar surface area (TPSA) is 77.1 Å². The van der Waals surface area contributed by atoms with Crippen LogP contribution < -0.4 is 14.8 Å². The number of alkyl carbamates (subject to hydrolysis) is 1. The maximum atomic E-state index is 13.0. The molecule has 0 unspecified atom stereocenters. The van der Waals surface area contributed by atoms with Gasteiger partial charge < -0.3 is 24.4 Å². The van der Waals surface area contributed by atoms with E-state index in [4.69, 9.17) is 14.2 Å². The second-order valence-electron chi connectivity index (χ2n) is 7.93. The Morgan fingerprint density at radius 1 is 1.22 bits per heavy atom. The summed E-state index contributed by atoms with van der Waals surface area (Å²) < 4.78 is 16.8. The molecule has 2 heterocycles. The number of carbonyl (C=O) groups excluding carboxylic acids is 2. The van der Waals surface area contributed by atoms with Crippen molar-refractivity contribution in [3.8, 4) is 11.5 Å². The first-order valence-electron chi connectivity index (χ1n) is 9.49. The van der Waals surface area contributed by atoms with Gasteiger partial charge in [-0.05, 0) is 52.2 Å². The SMILES string of the molecule is CC(C)(C)OC(=O)NC[C@H]1CCCCN1C(=O)[C@@H]1COc2ccccc2O1. The monoisotopic (exact) mass is 376 g/mol. The van der Waals surface area contributed by atoms with Gasteiger partial charge in [-0.15, -0.1) is 0 Å². The Labute approximate surface area is 160 Å². The molecule has 1 saturated heterocycles. The number of hydrogen-bond donors (Lipinski definition) is 1. The molecule has 2 atom stereocenters. The Bertz CT molecular complexity index is 685. The van der Waals surface area contributed by atoms with E-state index in [9.17, 15) is 9.59 Å². The molecule has 7 heteroatoms. The van der Waals surface area contributed by atoms with Crippen molar-refractivity contribution in [1.29, 1.82) is 0 Å². The van der Waals surface area contributed by atoms with Gasteiger partial charge in [0.2, 0.25) is 6.10 Å². The molecule has 1 fully saturated rings. The minimum atomic E-state index is -0.665. The number of fused-ring (bicyclic) bond motifs is 1. The summed E-state index contributed by atoms with van der Waals surface area (Å²) in [5.74, 6) is 1.14. The summed E-state index contributed by atoms with van der Waals surface area (Å²) in [5, 5.41) is 2.79. The summed E-state index contributed by atoms with van der Waals surface area (Å²) in [6.07, 6.45) is 1.67. The van der Waals surface area contributed by atoms with Gasteiger partial charge in [-0.2, -0.15) is 0 Å². The van der Waals surface area contributed by atoms with Gasteiger partial charge in [0.05, 0.1) is 0 Å². The Kier molecular flexibility index (Phi) is 5.77. The van der Waals surface area contributed by atoms with Crippen LogP contribution in [0, 0.1) is 0 Å². The maximum absolute atomic E-state index is 13.0. The number of likely N-dealkylation sites (tertiary alicyclic amines) is 1. The van der Waals surface area contributed by atoms with Crippen molar-refractivity contribution in [2.75, 3.05) is 19.7 Å². The summed E-state index contributed by atoms with van der Waals surface area (Å²) in [6, 6.07) is 7.27. The lowest BCUT2D eigenvalue weighted by Crippen LogP contribution is -2.55. The smallest absolute Gasteiger partial charge is 0.407 e. The molecule has 27 heavy (non-hydrogen) atoms. The van der Waals surface area contributed by atoms with Gasteiger partial charge in [-0.25, -0.2) is 4.79 Å². The number of piperidine rings is 1. The molecule has 148 valence electrons. The number of nitrogens with one attached hydrogen (secondary N) is 1. The molecule has 3 rings (SSSR count). The normalized spacial score (nSPS) is 22.1. The fraction of sp³-hybridized carbons (Fsp3) is 0.600. The summed E-state index contributed by atoms with van der Waals surface area (Å²) in [7, 11) is 0. The molecule has 7 nitrogen and oxygen atoms in total. The summed E-state index contributed by atoms with van der Waals surface area (Å²) >= 11 is 0. The molecule has 1 aromatic carbocycles. The zero-order chi connectivity index (χ0) is 19.4. The Morgan fingerprint density at radius 3 is 2.70 bits per heavy atom. The van der Waals surface area contributed by atoms with Crippen molar-refractivity contribution < 1.29 is 23.8 Å². The van der Waals surface area contributed by atoms with E-state index in [1.165, 1.54) is 0 Å². The van der Waals surface area contributed by atoms with Crippen molar-refractivity contribution in [1.82, 2.24) is 10.2 Å². The third-order valence-electron chi connectivity index (χ3n) is 4.58. The average Bonchev–Trinajstić information content (AvgIpc) is 2.64. The minimum Gasteiger partial charge on any atom is -0.485 e. The third kappa shape index (κ3) is 5.05. The van der Waals surface area contributed by atoms with Crippen LogP contribution in [0.3, 0.4) is 0 Å². The molecule has 2 aliphatic rings. The molecule has 0 saturated carbocycles. The molecular weight excluding hydrogens is 348 g/mol. The van der Waals surface area contributed by atoms with Crippen LogP contribution in [0.5, 0.6) is 11.5 Å². The van der Waals surface area contributed by atoms with Crippen LogP contribution in [0.2, 0.25) is 0 Å². The molecule has 2 aliphatic heterocycles. The van der Waals surface area contributed by atoms with Gasteiger partial charge in [0.15, 0.2) is 11.5 Å². The summed E-state index contributed by atoms with van der Waals surface area (Å²) in [5.41, 5.74) is -0.549. The first-order valence-corrected chi connectivity index (χ1v) is 9.49. The van der Waals surface area contributed by atoms with E-state index >= 15 is 0 Å². The first-order chi connectivity index (χ1) is 12.8. The number of ether oxygens (including phenoxy) is 3. The van der Waals surface area contributed by atoms with Crippen molar-refractivity contribution in [3.63, 3.8) is 0 Å². The molecular formula is C20H28N2O5. The van der Waals surface area contributed by atoms with Crippen LogP contribution in [-0.2, 0) is 9.53 Å². The van der Waals surface area contributed by atoms with Crippen LogP contribution in [-0.4, -0.2) is 54.3 Å². The number of benzene rings is 1. The second-order valence-corrected chi connectivity index (χ2v) is 7.93. The minimum absolute atomic E-state index is 0.0699. The van der Waals surface area contributed by atoms with Gasteiger partial charge >= 0.3 is 6.09 Å². The average molecular weight is 376 g/mol. The Morgan fingerprint density at radius 2 is 1.96 bits per heavy atom. The maximum Gasteiger partial charge on any atom is 0.407 e. The highest BCUT2D eigenvalue weighted by molar-refractivity contribution is 5.82. The quantitative estimate of drug-likeness (QED) is 0.878. The van der Waals surface area contributed by atoms with E-state index in [1.54, 1.807) is 6.07 Å². The molecule has 0 aromatic heterocycles. The summed E-state index contributed by atoms with van der Waals surface area (Å²) in [4.78, 5) is 26.8. The number of nitrogens with zero attached hydrogens (tertiary/aromatic N) is 1. The van der Waals surface area contributed by atoms with E-state index in [1.807, 2.05) is 43.9 Å². The van der Waals surface area contributed by atoms with Gasteiger partial charge in [0, 0.05) is 19.1 Å². The summed E-state index contributed by atoms with van der Waals surface area (Å²) in [6.45, 7) is 6.67. The predicted molar refractivity (Wildman–Crippen MR) is 99.9 cm³/mol. The van der Waals surface area contributed by atoms with Gasteiger partial charge in [0.1, 0.15) is 12.2 Å². The van der Waals surface area contributed by atoms with E-state index < -0.39 is 17.8 Å². The lowest BCUT2D eigenvalue weighted by atomic mass is 10.0. The number of amides is 2. The lowest BCUT2D eigenvalue weighted by Gasteiger charge is -2.38. The Balaban J connectivity index is 1.60. The highest BCUT2D eigenvalue weighted by Gasteiger charge is 2.35. The highest BCUT2D eigenvalue weighted by Crippen LogP contribution is 2.32. The fourth-order valence-electron chi connectivity index (χ4n) is 3.34. The molecule has 0 radical (unpaired) electrons.